The summed E-state index contributed by atoms with van der Waals surface area (Å²) >= 11 is 0. The lowest BCUT2D eigenvalue weighted by Gasteiger charge is -2.15. The molecule has 0 bridgehead atoms. The second kappa shape index (κ2) is 12.0. The van der Waals surface area contributed by atoms with Crippen LogP contribution < -0.4 is 11.1 Å². The number of nitrogens with two attached hydrogens (primary N) is 1. The third kappa shape index (κ3) is 8.62. The normalized spacial score (nSPS) is 14.5. The number of hydrogen-bond donors (Lipinski definition) is 2. The van der Waals surface area contributed by atoms with Crippen molar-refractivity contribution >= 4 is 11.8 Å². The molecule has 0 aromatic rings. The number of guanidine groups is 1. The molecule has 0 aliphatic carbocycles. The molecule has 0 aliphatic heterocycles. The highest BCUT2D eigenvalue weighted by atomic mass is 15.1. The van der Waals surface area contributed by atoms with E-state index in [1.807, 2.05) is 0 Å². The standard InChI is InChI=1S/C15H32N4/c1-5-8-11-13(10-7-3)14(16)19-15(17-4)18-12-9-6-2/h13H,5-12H2,1-4H3,(H3,16,17,18,19). The van der Waals surface area contributed by atoms with Crippen molar-refractivity contribution in [3.8, 4) is 0 Å². The molecule has 0 heterocycles. The third-order valence-corrected chi connectivity index (χ3v) is 3.22. The van der Waals surface area contributed by atoms with Crippen LogP contribution in [0.3, 0.4) is 0 Å². The van der Waals surface area contributed by atoms with E-state index in [9.17, 15) is 0 Å². The topological polar surface area (TPSA) is 62.8 Å². The number of nitrogens with zero attached hydrogens (tertiary/aromatic N) is 2. The molecule has 0 saturated heterocycles. The van der Waals surface area contributed by atoms with Crippen LogP contribution >= 0.6 is 0 Å². The van der Waals surface area contributed by atoms with Gasteiger partial charge in [0.05, 0.1) is 0 Å². The molecule has 19 heavy (non-hydrogen) atoms. The second-order valence-corrected chi connectivity index (χ2v) is 4.99. The van der Waals surface area contributed by atoms with E-state index in [1.54, 1.807) is 7.05 Å². The van der Waals surface area contributed by atoms with Crippen LogP contribution in [0.15, 0.2) is 9.98 Å². The van der Waals surface area contributed by atoms with E-state index in [0.29, 0.717) is 11.9 Å². The van der Waals surface area contributed by atoms with Gasteiger partial charge in [-0.3, -0.25) is 4.99 Å². The fourth-order valence-electron chi connectivity index (χ4n) is 2.00. The molecule has 0 radical (unpaired) electrons. The molecule has 0 saturated carbocycles. The molecule has 0 spiro atoms. The maximum absolute atomic E-state index is 6.15. The van der Waals surface area contributed by atoms with E-state index in [1.165, 1.54) is 12.8 Å². The summed E-state index contributed by atoms with van der Waals surface area (Å²) in [6.45, 7) is 7.49. The molecular formula is C15H32N4. The first kappa shape index (κ1) is 17.9. The predicted octanol–water partition coefficient (Wildman–Crippen LogP) is 3.33. The predicted molar refractivity (Wildman–Crippen MR) is 85.8 cm³/mol. The van der Waals surface area contributed by atoms with Crippen molar-refractivity contribution in [1.82, 2.24) is 5.32 Å². The molecule has 4 heteroatoms. The molecule has 1 atom stereocenters. The Bertz CT molecular complexity index is 271. The van der Waals surface area contributed by atoms with Gasteiger partial charge in [0, 0.05) is 19.5 Å². The van der Waals surface area contributed by atoms with E-state index >= 15 is 0 Å². The van der Waals surface area contributed by atoms with Crippen LogP contribution in [-0.2, 0) is 0 Å². The zero-order chi connectivity index (χ0) is 14.5. The minimum absolute atomic E-state index is 0.398. The Kier molecular flexibility index (Phi) is 11.3. The van der Waals surface area contributed by atoms with Gasteiger partial charge in [-0.1, -0.05) is 46.5 Å². The summed E-state index contributed by atoms with van der Waals surface area (Å²) in [4.78, 5) is 8.63. The summed E-state index contributed by atoms with van der Waals surface area (Å²) in [7, 11) is 1.76. The number of hydrogen-bond acceptors (Lipinski definition) is 1. The molecule has 0 aromatic heterocycles. The SMILES string of the molecule is CCCCNC(=NC)N=C(N)C(CCC)CCCC. The van der Waals surface area contributed by atoms with Crippen molar-refractivity contribution in [3.05, 3.63) is 0 Å². The maximum Gasteiger partial charge on any atom is 0.219 e. The summed E-state index contributed by atoms with van der Waals surface area (Å²) in [5, 5.41) is 3.24. The highest BCUT2D eigenvalue weighted by Crippen LogP contribution is 2.15. The minimum Gasteiger partial charge on any atom is -0.387 e. The van der Waals surface area contributed by atoms with E-state index in [2.05, 4.69) is 36.1 Å². The van der Waals surface area contributed by atoms with Gasteiger partial charge in [-0.2, -0.15) is 0 Å². The van der Waals surface area contributed by atoms with Gasteiger partial charge >= 0.3 is 0 Å². The Morgan fingerprint density at radius 2 is 1.74 bits per heavy atom. The molecule has 0 amide bonds. The maximum atomic E-state index is 6.15. The molecule has 0 fully saturated rings. The van der Waals surface area contributed by atoms with Crippen LogP contribution in [0.25, 0.3) is 0 Å². The van der Waals surface area contributed by atoms with Crippen molar-refractivity contribution in [2.24, 2.45) is 21.6 Å². The lowest BCUT2D eigenvalue weighted by Crippen LogP contribution is -2.30. The Morgan fingerprint density at radius 1 is 1.05 bits per heavy atom. The Balaban J connectivity index is 4.50. The molecule has 4 nitrogen and oxygen atoms in total. The van der Waals surface area contributed by atoms with Gasteiger partial charge in [-0.15, -0.1) is 0 Å². The molecule has 1 unspecified atom stereocenters. The number of rotatable bonds is 9. The number of unbranched alkanes of at least 4 members (excludes halogenated alkanes) is 2. The van der Waals surface area contributed by atoms with E-state index in [4.69, 9.17) is 5.73 Å². The molecule has 112 valence electrons. The van der Waals surface area contributed by atoms with Gasteiger partial charge in [0.15, 0.2) is 0 Å². The van der Waals surface area contributed by atoms with Gasteiger partial charge < -0.3 is 11.1 Å². The molecule has 0 aliphatic rings. The van der Waals surface area contributed by atoms with Crippen molar-refractivity contribution in [3.63, 3.8) is 0 Å². The lowest BCUT2D eigenvalue weighted by atomic mass is 9.96. The smallest absolute Gasteiger partial charge is 0.219 e. The zero-order valence-electron chi connectivity index (χ0n) is 13.2. The molecular weight excluding hydrogens is 236 g/mol. The number of amidine groups is 1. The average molecular weight is 268 g/mol. The van der Waals surface area contributed by atoms with Gasteiger partial charge in [0.2, 0.25) is 5.96 Å². The van der Waals surface area contributed by atoms with Crippen LogP contribution in [0.4, 0.5) is 0 Å². The first-order chi connectivity index (χ1) is 9.19. The summed E-state index contributed by atoms with van der Waals surface area (Å²) in [5.74, 6) is 1.80. The summed E-state index contributed by atoms with van der Waals surface area (Å²) in [6.07, 6.45) is 8.10. The largest absolute Gasteiger partial charge is 0.387 e. The fraction of sp³-hybridized carbons (Fsp3) is 0.867. The van der Waals surface area contributed by atoms with Gasteiger partial charge in [0.25, 0.3) is 0 Å². The summed E-state index contributed by atoms with van der Waals surface area (Å²) in [6, 6.07) is 0. The highest BCUT2D eigenvalue weighted by Gasteiger charge is 2.12. The Labute approximate surface area is 119 Å². The van der Waals surface area contributed by atoms with Crippen molar-refractivity contribution < 1.29 is 0 Å². The van der Waals surface area contributed by atoms with Gasteiger partial charge in [-0.05, 0) is 19.3 Å². The van der Waals surface area contributed by atoms with Gasteiger partial charge in [0.1, 0.15) is 5.84 Å². The highest BCUT2D eigenvalue weighted by molar-refractivity contribution is 5.96. The van der Waals surface area contributed by atoms with Crippen molar-refractivity contribution in [2.75, 3.05) is 13.6 Å². The Morgan fingerprint density at radius 3 is 2.26 bits per heavy atom. The molecule has 0 aromatic carbocycles. The van der Waals surface area contributed by atoms with E-state index in [-0.39, 0.29) is 0 Å². The van der Waals surface area contributed by atoms with Gasteiger partial charge in [-0.25, -0.2) is 4.99 Å². The van der Waals surface area contributed by atoms with Crippen LogP contribution in [-0.4, -0.2) is 25.4 Å². The average Bonchev–Trinajstić information content (AvgIpc) is 2.42. The van der Waals surface area contributed by atoms with Crippen LogP contribution in [0.1, 0.15) is 65.7 Å². The number of aliphatic imine (C=N–C) groups is 2. The lowest BCUT2D eigenvalue weighted by molar-refractivity contribution is 0.535. The number of nitrogens with one attached hydrogen (secondary N) is 1. The Hall–Kier alpha value is -1.06. The van der Waals surface area contributed by atoms with Crippen molar-refractivity contribution in [2.45, 2.75) is 65.7 Å². The van der Waals surface area contributed by atoms with Crippen LogP contribution in [0.5, 0.6) is 0 Å². The van der Waals surface area contributed by atoms with E-state index < -0.39 is 0 Å². The quantitative estimate of drug-likeness (QED) is 0.383. The van der Waals surface area contributed by atoms with Crippen molar-refractivity contribution in [1.29, 1.82) is 0 Å². The first-order valence-corrected chi connectivity index (χ1v) is 7.74. The zero-order valence-corrected chi connectivity index (χ0v) is 13.2. The molecule has 3 N–H and O–H groups in total. The monoisotopic (exact) mass is 268 g/mol. The third-order valence-electron chi connectivity index (χ3n) is 3.22. The fourth-order valence-corrected chi connectivity index (χ4v) is 2.00. The van der Waals surface area contributed by atoms with E-state index in [0.717, 1.165) is 44.5 Å². The second-order valence-electron chi connectivity index (χ2n) is 4.99. The molecule has 0 rings (SSSR count). The first-order valence-electron chi connectivity index (χ1n) is 7.74. The van der Waals surface area contributed by atoms with Crippen LogP contribution in [0, 0.1) is 5.92 Å². The summed E-state index contributed by atoms with van der Waals surface area (Å²) in [5.41, 5.74) is 6.15. The minimum atomic E-state index is 0.398. The van der Waals surface area contributed by atoms with Crippen LogP contribution in [0.2, 0.25) is 0 Å². The summed E-state index contributed by atoms with van der Waals surface area (Å²) < 4.78 is 0.